The van der Waals surface area contributed by atoms with E-state index in [9.17, 15) is 49.5 Å². The van der Waals surface area contributed by atoms with Crippen molar-refractivity contribution < 1.29 is 73.2 Å². The Kier molecular flexibility index (Phi) is 29.7. The SMILES string of the molecule is CC(C)OC(=O)Nc1ccc(-c2ncc(-c3ccc(N)cc3S(=O)(=O)NC(C)(C)C)s2)cc1.CC(C)OC(=O)Nc1ccc(-c2ncc(-c3ccc(N4CC(C)OC4=O)cc3S(=O)(=O)NC(C)(C)C)s2)cc1.CC(O)CNc1ccc(-c2cnc(-c3ccc(NC(=O)OC(C)C)cc3)s2)c(S(=O)(=O)NC(C)(C)C)c1.CC1CO1. The highest BCUT2D eigenvalue weighted by molar-refractivity contribution is 7.90. The number of nitrogens with zero attached hydrogens (tertiary/aromatic N) is 4. The highest BCUT2D eigenvalue weighted by Gasteiger charge is 2.34. The first-order chi connectivity index (χ1) is 52.7. The summed E-state index contributed by atoms with van der Waals surface area (Å²) in [6.45, 7) is 33.7. The van der Waals surface area contributed by atoms with Crippen LogP contribution in [0.3, 0.4) is 0 Å². The van der Waals surface area contributed by atoms with Crippen molar-refractivity contribution in [1.29, 1.82) is 0 Å². The smallest absolute Gasteiger partial charge is 0.414 e. The number of cyclic esters (lactones) is 1. The van der Waals surface area contributed by atoms with Crippen LogP contribution in [-0.4, -0.2) is 143 Å². The number of epoxide rings is 1. The molecule has 0 bridgehead atoms. The molecule has 2 aliphatic heterocycles. The number of anilines is 6. The van der Waals surface area contributed by atoms with Crippen LogP contribution in [0, 0.1) is 0 Å². The van der Waals surface area contributed by atoms with Crippen LogP contribution >= 0.6 is 34.0 Å². The van der Waals surface area contributed by atoms with Gasteiger partial charge in [-0.2, -0.15) is 0 Å². The summed E-state index contributed by atoms with van der Waals surface area (Å²) in [6.07, 6.45) is 1.88. The molecule has 0 spiro atoms. The minimum atomic E-state index is -3.96. The van der Waals surface area contributed by atoms with Gasteiger partial charge in [-0.05, 0) is 234 Å². The lowest BCUT2D eigenvalue weighted by Crippen LogP contribution is -2.40. The zero-order valence-corrected chi connectivity index (χ0v) is 71.2. The maximum absolute atomic E-state index is 13.5. The lowest BCUT2D eigenvalue weighted by atomic mass is 10.1. The second-order valence-electron chi connectivity index (χ2n) is 30.5. The van der Waals surface area contributed by atoms with E-state index < -0.39 is 77.2 Å². The van der Waals surface area contributed by atoms with E-state index in [0.29, 0.717) is 93.1 Å². The third-order valence-electron chi connectivity index (χ3n) is 15.0. The molecule has 9 aromatic rings. The van der Waals surface area contributed by atoms with Gasteiger partial charge in [-0.3, -0.25) is 20.9 Å². The van der Waals surface area contributed by atoms with Gasteiger partial charge in [0, 0.05) is 109 Å². The van der Waals surface area contributed by atoms with Gasteiger partial charge in [0.1, 0.15) is 21.1 Å². The van der Waals surface area contributed by atoms with E-state index in [0.717, 1.165) is 23.3 Å². The number of benzene rings is 6. The first-order valence-corrected chi connectivity index (χ1v) is 43.0. The maximum Gasteiger partial charge on any atom is 0.414 e. The Morgan fingerprint density at radius 1 is 0.504 bits per heavy atom. The molecule has 2 aliphatic rings. The number of aromatic nitrogens is 3. The number of aliphatic hydroxyl groups is 1. The molecule has 113 heavy (non-hydrogen) atoms. The summed E-state index contributed by atoms with van der Waals surface area (Å²) in [4.78, 5) is 65.0. The number of carbonyl (C=O) groups is 4. The first kappa shape index (κ1) is 89.1. The number of hydrogen-bond acceptors (Lipinski definition) is 24. The number of aliphatic hydroxyl groups excluding tert-OH is 1. The van der Waals surface area contributed by atoms with Crippen molar-refractivity contribution in [2.24, 2.45) is 0 Å². The third-order valence-corrected chi connectivity index (χ3v) is 23.6. The number of hydrogen-bond donors (Lipinski definition) is 9. The molecule has 0 saturated carbocycles. The number of rotatable bonds is 22. The maximum atomic E-state index is 13.5. The van der Waals surface area contributed by atoms with Crippen LogP contribution in [0.2, 0.25) is 0 Å². The van der Waals surface area contributed by atoms with Crippen LogP contribution in [0.1, 0.15) is 125 Å². The van der Waals surface area contributed by atoms with Crippen molar-refractivity contribution in [3.63, 3.8) is 0 Å². The molecule has 4 amide bonds. The number of nitrogens with one attached hydrogen (secondary N) is 7. The summed E-state index contributed by atoms with van der Waals surface area (Å²) in [5.41, 5.74) is 11.0. The second-order valence-corrected chi connectivity index (χ2v) is 38.5. The summed E-state index contributed by atoms with van der Waals surface area (Å²) in [5.74, 6) is 0. The van der Waals surface area contributed by atoms with Crippen LogP contribution in [0.4, 0.5) is 53.3 Å². The molecule has 2 saturated heterocycles. The highest BCUT2D eigenvalue weighted by atomic mass is 32.2. The number of carbonyl (C=O) groups excluding carboxylic acids is 4. The zero-order valence-electron chi connectivity index (χ0n) is 66.3. The zero-order chi connectivity index (χ0) is 83.3. The second kappa shape index (κ2) is 37.7. The average molecular weight is 1670 g/mol. The van der Waals surface area contributed by atoms with Gasteiger partial charge in [0.25, 0.3) is 0 Å². The van der Waals surface area contributed by atoms with Gasteiger partial charge in [0.15, 0.2) is 0 Å². The van der Waals surface area contributed by atoms with Crippen molar-refractivity contribution in [1.82, 2.24) is 29.1 Å². The summed E-state index contributed by atoms with van der Waals surface area (Å²) >= 11 is 4.06. The van der Waals surface area contributed by atoms with Gasteiger partial charge >= 0.3 is 24.4 Å². The number of ether oxygens (including phenoxy) is 5. The molecule has 3 unspecified atom stereocenters. The van der Waals surface area contributed by atoms with E-state index in [1.807, 2.05) is 36.4 Å². The number of thiazole rings is 3. The number of amides is 4. The number of nitrogen functional groups attached to an aromatic ring is 1. The van der Waals surface area contributed by atoms with Crippen molar-refractivity contribution >= 4 is 123 Å². The average Bonchev–Trinajstić information content (AvgIpc) is 1.76. The van der Waals surface area contributed by atoms with Crippen LogP contribution in [-0.2, 0) is 53.8 Å². The van der Waals surface area contributed by atoms with E-state index in [1.165, 1.54) is 51.0 Å². The summed E-state index contributed by atoms with van der Waals surface area (Å²) in [7, 11) is -11.6. The van der Waals surface area contributed by atoms with Crippen LogP contribution in [0.5, 0.6) is 0 Å². The fraction of sp³-hybridized carbons (Fsp3) is 0.380. The molecule has 0 radical (unpaired) electrons. The van der Waals surface area contributed by atoms with Gasteiger partial charge in [-0.1, -0.05) is 18.2 Å². The fourth-order valence-corrected chi connectivity index (χ4v) is 18.5. The molecule has 0 aliphatic carbocycles. The molecule has 11 rings (SSSR count). The van der Waals surface area contributed by atoms with Gasteiger partial charge in [0.05, 0.1) is 73.0 Å². The van der Waals surface area contributed by atoms with Crippen molar-refractivity contribution in [2.45, 2.75) is 193 Å². The first-order valence-electron chi connectivity index (χ1n) is 36.1. The topological polar surface area (TPSA) is 393 Å². The predicted molar refractivity (Wildman–Crippen MR) is 448 cm³/mol. The minimum Gasteiger partial charge on any atom is -0.447 e. The molecular weight excluding hydrogens is 1570 g/mol. The lowest BCUT2D eigenvalue weighted by Gasteiger charge is -2.22. The van der Waals surface area contributed by atoms with Crippen molar-refractivity contribution in [3.8, 4) is 63.0 Å². The van der Waals surface area contributed by atoms with Crippen LogP contribution < -0.4 is 46.1 Å². The molecule has 6 aromatic carbocycles. The van der Waals surface area contributed by atoms with E-state index in [2.05, 4.69) is 57.3 Å². The van der Waals surface area contributed by atoms with Gasteiger partial charge < -0.3 is 39.8 Å². The summed E-state index contributed by atoms with van der Waals surface area (Å²) < 4.78 is 113. The Balaban J connectivity index is 0.000000207. The van der Waals surface area contributed by atoms with Crippen molar-refractivity contribution in [2.75, 3.05) is 51.6 Å². The van der Waals surface area contributed by atoms with Crippen molar-refractivity contribution in [3.05, 3.63) is 146 Å². The van der Waals surface area contributed by atoms with Crippen LogP contribution in [0.25, 0.3) is 63.0 Å². The van der Waals surface area contributed by atoms with E-state index in [1.54, 1.807) is 215 Å². The van der Waals surface area contributed by atoms with Crippen LogP contribution in [0.15, 0.2) is 161 Å². The Hall–Kier alpha value is -9.46. The lowest BCUT2D eigenvalue weighted by molar-refractivity contribution is 0.129. The quantitative estimate of drug-likeness (QED) is 0.0173. The summed E-state index contributed by atoms with van der Waals surface area (Å²) in [5, 5.41) is 22.8. The molecule has 5 heterocycles. The van der Waals surface area contributed by atoms with Gasteiger partial charge in [-0.15, -0.1) is 34.0 Å². The minimum absolute atomic E-state index is 0.0423. The Bertz CT molecular complexity index is 5140. The largest absolute Gasteiger partial charge is 0.447 e. The van der Waals surface area contributed by atoms with E-state index in [-0.39, 0.29) is 45.6 Å². The van der Waals surface area contributed by atoms with E-state index in [4.69, 9.17) is 29.4 Å². The predicted octanol–water partition coefficient (Wildman–Crippen LogP) is 16.7. The third kappa shape index (κ3) is 27.4. The van der Waals surface area contributed by atoms with Gasteiger partial charge in [-0.25, -0.2) is 73.5 Å². The molecule has 28 nitrogen and oxygen atoms in total. The summed E-state index contributed by atoms with van der Waals surface area (Å²) in [6, 6.07) is 36.3. The Labute approximate surface area is 673 Å². The molecular formula is C79H100N12O16S6. The normalized spacial score (nSPS) is 14.6. The molecule has 3 aromatic heterocycles. The molecule has 10 N–H and O–H groups in total. The van der Waals surface area contributed by atoms with Gasteiger partial charge in [0.2, 0.25) is 30.1 Å². The Morgan fingerprint density at radius 3 is 1.13 bits per heavy atom. The molecule has 2 fully saturated rings. The standard InChI is InChI=1S/C27H32N4O6S2.C26H34N4O5S2.C23H28N4O4S2.C3H6O/c1-16(2)36-25(32)29-19-9-7-18(8-10-19)24-28-14-22(38-24)21-12-11-20(31-15-17(3)37-26(31)33)13-23(21)39(34,35)30-27(4,5)6;1-16(2)35-25(32)29-19-9-7-18(8-10-19)24-28-15-22(36-24)21-12-11-20(27-14-17(3)31)13-23(21)37(33,34)30-26(4,5)6;1-14(2)31-22(28)26-17-9-6-15(7-10-17)21-25-13-19(32-21)18-11-8-16(24)12-20(18)33(29,30)27-23(3,4)5;1-3-2-4-3/h7-14,16-17,30H,15H2,1-6H3,(H,29,32);7-13,15-17,27,30-31H,14H2,1-6H3,(H,29,32);6-14,27H,24H2,1-5H3,(H,26,28);3H,2H2,1H3. The molecule has 3 atom stereocenters. The Morgan fingerprint density at radius 2 is 0.823 bits per heavy atom. The number of nitrogens with two attached hydrogens (primary N) is 1. The molecule has 34 heteroatoms. The highest BCUT2D eigenvalue weighted by Crippen LogP contribution is 2.42. The van der Waals surface area contributed by atoms with E-state index >= 15 is 0 Å². The molecule has 608 valence electrons. The monoisotopic (exact) mass is 1660 g/mol. The number of sulfonamides is 3. The fourth-order valence-electron chi connectivity index (χ4n) is 10.4.